The van der Waals surface area contributed by atoms with Gasteiger partial charge in [0.05, 0.1) is 5.52 Å². The largest absolute Gasteiger partial charge is 0.342 e. The molecule has 1 aromatic heterocycles. The van der Waals surface area contributed by atoms with Gasteiger partial charge in [0.1, 0.15) is 5.82 Å². The molecular weight excluding hydrogens is 257 g/mol. The van der Waals surface area contributed by atoms with Crippen molar-refractivity contribution >= 4 is 26.8 Å². The number of nitrogens with zero attached hydrogens (tertiary/aromatic N) is 1. The number of halogens is 2. The third kappa shape index (κ3) is 1.69. The van der Waals surface area contributed by atoms with Gasteiger partial charge in [-0.05, 0) is 39.0 Å². The van der Waals surface area contributed by atoms with Gasteiger partial charge in [0.2, 0.25) is 0 Å². The first-order chi connectivity index (χ1) is 7.00. The average Bonchev–Trinajstić information content (AvgIpc) is 2.41. The lowest BCUT2D eigenvalue weighted by Crippen LogP contribution is -2.02. The Hall–Kier alpha value is -0.830. The molecule has 2 aromatic rings. The summed E-state index contributed by atoms with van der Waals surface area (Å²) >= 11 is 3.32. The molecule has 0 spiro atoms. The molecule has 0 radical (unpaired) electrons. The Morgan fingerprint density at radius 3 is 2.53 bits per heavy atom. The highest BCUT2D eigenvalue weighted by Crippen LogP contribution is 2.28. The van der Waals surface area contributed by atoms with Crippen molar-refractivity contribution in [1.29, 1.82) is 0 Å². The van der Waals surface area contributed by atoms with Gasteiger partial charge in [0.15, 0.2) is 0 Å². The number of benzene rings is 1. The summed E-state index contributed by atoms with van der Waals surface area (Å²) in [6.07, 6.45) is 0. The molecule has 0 atom stereocenters. The molecule has 1 aromatic carbocycles. The van der Waals surface area contributed by atoms with Crippen LogP contribution in [0.4, 0.5) is 4.39 Å². The van der Waals surface area contributed by atoms with Crippen LogP contribution in [-0.4, -0.2) is 4.57 Å². The van der Waals surface area contributed by atoms with Gasteiger partial charge in [0, 0.05) is 21.6 Å². The van der Waals surface area contributed by atoms with Gasteiger partial charge in [-0.25, -0.2) is 4.39 Å². The molecule has 0 unspecified atom stereocenters. The van der Waals surface area contributed by atoms with Crippen LogP contribution in [0.5, 0.6) is 0 Å². The molecule has 0 aliphatic rings. The van der Waals surface area contributed by atoms with Crippen LogP contribution < -0.4 is 0 Å². The third-order valence-electron chi connectivity index (χ3n) is 2.58. The van der Waals surface area contributed by atoms with E-state index in [1.165, 1.54) is 6.07 Å². The van der Waals surface area contributed by atoms with Crippen molar-refractivity contribution < 1.29 is 4.39 Å². The van der Waals surface area contributed by atoms with E-state index in [-0.39, 0.29) is 5.82 Å². The smallest absolute Gasteiger partial charge is 0.133 e. The van der Waals surface area contributed by atoms with Crippen molar-refractivity contribution in [3.63, 3.8) is 0 Å². The first kappa shape index (κ1) is 10.7. The third-order valence-corrected chi connectivity index (χ3v) is 3.04. The fourth-order valence-electron chi connectivity index (χ4n) is 2.07. The molecule has 0 saturated heterocycles. The number of rotatable bonds is 1. The van der Waals surface area contributed by atoms with Gasteiger partial charge in [-0.2, -0.15) is 0 Å². The maximum absolute atomic E-state index is 13.7. The maximum Gasteiger partial charge on any atom is 0.133 e. The van der Waals surface area contributed by atoms with Crippen LogP contribution in [0.1, 0.15) is 25.6 Å². The second-order valence-corrected chi connectivity index (χ2v) is 4.99. The van der Waals surface area contributed by atoms with Gasteiger partial charge in [-0.1, -0.05) is 15.9 Å². The molecule has 3 heteroatoms. The van der Waals surface area contributed by atoms with E-state index in [9.17, 15) is 4.39 Å². The summed E-state index contributed by atoms with van der Waals surface area (Å²) in [7, 11) is 0. The molecule has 0 aliphatic carbocycles. The minimum Gasteiger partial charge on any atom is -0.342 e. The van der Waals surface area contributed by atoms with Crippen molar-refractivity contribution in [2.45, 2.75) is 26.8 Å². The second kappa shape index (κ2) is 3.63. The molecule has 0 aliphatic heterocycles. The summed E-state index contributed by atoms with van der Waals surface area (Å²) in [5.41, 5.74) is 2.05. The molecule has 80 valence electrons. The van der Waals surface area contributed by atoms with Crippen LogP contribution in [0.2, 0.25) is 0 Å². The Bertz CT molecular complexity index is 514. The molecule has 1 heterocycles. The predicted molar refractivity (Wildman–Crippen MR) is 64.7 cm³/mol. The minimum absolute atomic E-state index is 0.165. The lowest BCUT2D eigenvalue weighted by molar-refractivity contribution is 0.606. The lowest BCUT2D eigenvalue weighted by atomic mass is 10.2. The van der Waals surface area contributed by atoms with Crippen LogP contribution in [0.3, 0.4) is 0 Å². The summed E-state index contributed by atoms with van der Waals surface area (Å²) < 4.78 is 16.6. The van der Waals surface area contributed by atoms with E-state index in [2.05, 4.69) is 34.3 Å². The van der Waals surface area contributed by atoms with Gasteiger partial charge in [0.25, 0.3) is 0 Å². The monoisotopic (exact) mass is 269 g/mol. The summed E-state index contributed by atoms with van der Waals surface area (Å²) in [6.45, 7) is 6.21. The summed E-state index contributed by atoms with van der Waals surface area (Å²) in [5.74, 6) is -0.165. The normalized spacial score (nSPS) is 11.6. The second-order valence-electron chi connectivity index (χ2n) is 4.07. The fraction of sp³-hybridized carbons (Fsp3) is 0.333. The van der Waals surface area contributed by atoms with Crippen molar-refractivity contribution in [3.8, 4) is 0 Å². The maximum atomic E-state index is 13.7. The Morgan fingerprint density at radius 2 is 1.93 bits per heavy atom. The predicted octanol–water partition coefficient (Wildman–Crippen LogP) is 4.43. The van der Waals surface area contributed by atoms with Crippen LogP contribution in [0, 0.1) is 12.7 Å². The number of fused-ring (bicyclic) bond motifs is 1. The molecule has 0 fully saturated rings. The standard InChI is InChI=1S/C12H13BrFN/c1-7(2)15-8(3)4-10-11(14)5-9(13)6-12(10)15/h4-7H,1-3H3. The molecule has 0 N–H and O–H groups in total. The van der Waals surface area contributed by atoms with Gasteiger partial charge in [-0.3, -0.25) is 0 Å². The molecule has 0 amide bonds. The zero-order valence-electron chi connectivity index (χ0n) is 9.01. The van der Waals surface area contributed by atoms with Crippen molar-refractivity contribution in [2.75, 3.05) is 0 Å². The van der Waals surface area contributed by atoms with E-state index in [0.29, 0.717) is 11.4 Å². The highest BCUT2D eigenvalue weighted by Gasteiger charge is 2.12. The van der Waals surface area contributed by atoms with Gasteiger partial charge < -0.3 is 4.57 Å². The Kier molecular flexibility index (Phi) is 2.59. The van der Waals surface area contributed by atoms with Gasteiger partial charge in [-0.15, -0.1) is 0 Å². The summed E-state index contributed by atoms with van der Waals surface area (Å²) in [4.78, 5) is 0. The van der Waals surface area contributed by atoms with E-state index < -0.39 is 0 Å². The number of hydrogen-bond acceptors (Lipinski definition) is 0. The molecule has 0 bridgehead atoms. The highest BCUT2D eigenvalue weighted by molar-refractivity contribution is 9.10. The lowest BCUT2D eigenvalue weighted by Gasteiger charge is -2.12. The zero-order valence-corrected chi connectivity index (χ0v) is 10.6. The van der Waals surface area contributed by atoms with E-state index in [4.69, 9.17) is 0 Å². The van der Waals surface area contributed by atoms with E-state index >= 15 is 0 Å². The number of aromatic nitrogens is 1. The van der Waals surface area contributed by atoms with E-state index in [1.807, 2.05) is 19.1 Å². The van der Waals surface area contributed by atoms with E-state index in [0.717, 1.165) is 15.7 Å². The number of aryl methyl sites for hydroxylation is 1. The number of hydrogen-bond donors (Lipinski definition) is 0. The topological polar surface area (TPSA) is 4.93 Å². The first-order valence-corrected chi connectivity index (χ1v) is 5.76. The molecule has 15 heavy (non-hydrogen) atoms. The van der Waals surface area contributed by atoms with Crippen LogP contribution >= 0.6 is 15.9 Å². The Balaban J connectivity index is 2.86. The molecular formula is C12H13BrFN. The average molecular weight is 270 g/mol. The Labute approximate surface area is 97.0 Å². The zero-order chi connectivity index (χ0) is 11.2. The molecule has 2 rings (SSSR count). The Morgan fingerprint density at radius 1 is 1.27 bits per heavy atom. The summed E-state index contributed by atoms with van der Waals surface area (Å²) in [5, 5.41) is 0.699. The summed E-state index contributed by atoms with van der Waals surface area (Å²) in [6, 6.07) is 5.71. The van der Waals surface area contributed by atoms with Crippen molar-refractivity contribution in [2.24, 2.45) is 0 Å². The van der Waals surface area contributed by atoms with Crippen LogP contribution in [-0.2, 0) is 0 Å². The van der Waals surface area contributed by atoms with Crippen molar-refractivity contribution in [3.05, 3.63) is 34.2 Å². The highest BCUT2D eigenvalue weighted by atomic mass is 79.9. The van der Waals surface area contributed by atoms with Crippen molar-refractivity contribution in [1.82, 2.24) is 4.57 Å². The van der Waals surface area contributed by atoms with E-state index in [1.54, 1.807) is 0 Å². The van der Waals surface area contributed by atoms with Gasteiger partial charge >= 0.3 is 0 Å². The SMILES string of the molecule is Cc1cc2c(F)cc(Br)cc2n1C(C)C. The molecule has 1 nitrogen and oxygen atoms in total. The minimum atomic E-state index is -0.165. The first-order valence-electron chi connectivity index (χ1n) is 4.97. The van der Waals surface area contributed by atoms with Crippen LogP contribution in [0.15, 0.2) is 22.7 Å². The van der Waals surface area contributed by atoms with Crippen LogP contribution in [0.25, 0.3) is 10.9 Å². The quantitative estimate of drug-likeness (QED) is 0.722. The molecule has 0 saturated carbocycles. The fourth-order valence-corrected chi connectivity index (χ4v) is 2.49.